The van der Waals surface area contributed by atoms with Crippen LogP contribution in [-0.2, 0) is 0 Å². The molecule has 2 heteroatoms. The van der Waals surface area contributed by atoms with Gasteiger partial charge in [0.05, 0.1) is 0 Å². The van der Waals surface area contributed by atoms with Crippen LogP contribution in [0.5, 0.6) is 0 Å². The van der Waals surface area contributed by atoms with Gasteiger partial charge in [-0.3, -0.25) is 4.67 Å². The fraction of sp³-hybridized carbons (Fsp3) is 0.538. The van der Waals surface area contributed by atoms with Crippen molar-refractivity contribution in [2.75, 3.05) is 13.1 Å². The highest BCUT2D eigenvalue weighted by Crippen LogP contribution is 2.19. The van der Waals surface area contributed by atoms with Crippen molar-refractivity contribution >= 4 is 9.39 Å². The minimum atomic E-state index is 0.658. The van der Waals surface area contributed by atoms with Gasteiger partial charge in [-0.25, -0.2) is 0 Å². The summed E-state index contributed by atoms with van der Waals surface area (Å²) in [6, 6.07) is 10.8. The molecule has 0 aromatic heterocycles. The van der Waals surface area contributed by atoms with Crippen LogP contribution in [0.15, 0.2) is 30.3 Å². The Balaban J connectivity index is 2.33. The normalized spacial score (nSPS) is 13.1. The van der Waals surface area contributed by atoms with Crippen molar-refractivity contribution in [3.63, 3.8) is 0 Å². The predicted octanol–water partition coefficient (Wildman–Crippen LogP) is 3.68. The van der Waals surface area contributed by atoms with Gasteiger partial charge in [0.15, 0.2) is 0 Å². The van der Waals surface area contributed by atoms with Crippen LogP contribution in [-0.4, -0.2) is 17.8 Å². The van der Waals surface area contributed by atoms with Crippen molar-refractivity contribution < 1.29 is 0 Å². The molecule has 0 amide bonds. The Labute approximate surface area is 96.1 Å². The lowest BCUT2D eigenvalue weighted by Crippen LogP contribution is -2.15. The minimum absolute atomic E-state index is 0.658. The molecule has 0 N–H and O–H groups in total. The van der Waals surface area contributed by atoms with Gasteiger partial charge in [-0.15, -0.1) is 0 Å². The Bertz CT molecular complexity index is 260. The van der Waals surface area contributed by atoms with Gasteiger partial charge in [0, 0.05) is 13.1 Å². The highest BCUT2D eigenvalue weighted by Gasteiger charge is 2.05. The molecule has 2 atom stereocenters. The van der Waals surface area contributed by atoms with Crippen LogP contribution in [0.25, 0.3) is 0 Å². The van der Waals surface area contributed by atoms with Gasteiger partial charge in [0.1, 0.15) is 0 Å². The first-order chi connectivity index (χ1) is 7.24. The first kappa shape index (κ1) is 12.7. The van der Waals surface area contributed by atoms with Crippen molar-refractivity contribution in [3.8, 4) is 0 Å². The number of nitrogens with zero attached hydrogens (tertiary/aromatic N) is 1. The molecular formula is C13H22NP. The lowest BCUT2D eigenvalue weighted by atomic mass is 9.98. The number of hydrogen-bond acceptors (Lipinski definition) is 1. The van der Waals surface area contributed by atoms with Crippen LogP contribution in [0.3, 0.4) is 0 Å². The van der Waals surface area contributed by atoms with E-state index in [1.165, 1.54) is 24.9 Å². The smallest absolute Gasteiger partial charge is 0.00219 e. The van der Waals surface area contributed by atoms with Crippen molar-refractivity contribution in [3.05, 3.63) is 35.9 Å². The maximum Gasteiger partial charge on any atom is 0.00219 e. The van der Waals surface area contributed by atoms with Gasteiger partial charge in [0.25, 0.3) is 0 Å². The van der Waals surface area contributed by atoms with Gasteiger partial charge in [-0.05, 0) is 24.3 Å². The average Bonchev–Trinajstić information content (AvgIpc) is 2.27. The SMILES string of the molecule is CCCN(P)CCC(C)c1ccccc1. The van der Waals surface area contributed by atoms with Crippen LogP contribution in [0.1, 0.15) is 38.2 Å². The zero-order chi connectivity index (χ0) is 11.1. The van der Waals surface area contributed by atoms with Crippen molar-refractivity contribution in [1.82, 2.24) is 4.67 Å². The van der Waals surface area contributed by atoms with E-state index in [-0.39, 0.29) is 0 Å². The van der Waals surface area contributed by atoms with Crippen LogP contribution in [0.4, 0.5) is 0 Å². The molecule has 0 spiro atoms. The van der Waals surface area contributed by atoms with E-state index in [4.69, 9.17) is 0 Å². The van der Waals surface area contributed by atoms with Gasteiger partial charge in [0.2, 0.25) is 0 Å². The molecule has 0 saturated carbocycles. The fourth-order valence-electron chi connectivity index (χ4n) is 1.71. The Morgan fingerprint density at radius 2 is 1.87 bits per heavy atom. The summed E-state index contributed by atoms with van der Waals surface area (Å²) in [6.07, 6.45) is 2.46. The van der Waals surface area contributed by atoms with E-state index >= 15 is 0 Å². The van der Waals surface area contributed by atoms with Crippen LogP contribution in [0, 0.1) is 0 Å². The first-order valence-corrected chi connectivity index (χ1v) is 6.30. The lowest BCUT2D eigenvalue weighted by molar-refractivity contribution is 0.439. The van der Waals surface area contributed by atoms with Gasteiger partial charge < -0.3 is 0 Å². The van der Waals surface area contributed by atoms with Gasteiger partial charge in [-0.2, -0.15) is 0 Å². The van der Waals surface area contributed by atoms with Crippen LogP contribution < -0.4 is 0 Å². The molecule has 0 aliphatic heterocycles. The monoisotopic (exact) mass is 223 g/mol. The molecule has 1 aromatic carbocycles. The highest BCUT2D eigenvalue weighted by molar-refractivity contribution is 7.13. The molecule has 0 radical (unpaired) electrons. The maximum absolute atomic E-state index is 2.82. The van der Waals surface area contributed by atoms with E-state index in [0.717, 1.165) is 6.54 Å². The highest BCUT2D eigenvalue weighted by atomic mass is 31.0. The summed E-state index contributed by atoms with van der Waals surface area (Å²) in [6.45, 7) is 6.86. The lowest BCUT2D eigenvalue weighted by Gasteiger charge is -2.18. The Hall–Kier alpha value is -0.390. The third kappa shape index (κ3) is 4.77. The summed E-state index contributed by atoms with van der Waals surface area (Å²) in [7, 11) is 2.82. The molecule has 1 nitrogen and oxygen atoms in total. The van der Waals surface area contributed by atoms with E-state index in [0.29, 0.717) is 5.92 Å². The third-order valence-corrected chi connectivity index (χ3v) is 3.25. The quantitative estimate of drug-likeness (QED) is 0.665. The predicted molar refractivity (Wildman–Crippen MR) is 71.0 cm³/mol. The van der Waals surface area contributed by atoms with E-state index in [9.17, 15) is 0 Å². The summed E-state index contributed by atoms with van der Waals surface area (Å²) in [4.78, 5) is 0. The molecule has 2 unspecified atom stereocenters. The zero-order valence-electron chi connectivity index (χ0n) is 9.82. The van der Waals surface area contributed by atoms with E-state index in [2.05, 4.69) is 58.2 Å². The molecule has 0 bridgehead atoms. The van der Waals surface area contributed by atoms with Crippen molar-refractivity contribution in [1.29, 1.82) is 0 Å². The number of benzene rings is 1. The van der Waals surface area contributed by atoms with Crippen LogP contribution in [0.2, 0.25) is 0 Å². The van der Waals surface area contributed by atoms with Gasteiger partial charge in [-0.1, -0.05) is 53.6 Å². The topological polar surface area (TPSA) is 3.24 Å². The molecule has 1 rings (SSSR count). The second kappa shape index (κ2) is 6.98. The van der Waals surface area contributed by atoms with Crippen molar-refractivity contribution in [2.24, 2.45) is 0 Å². The standard InChI is InChI=1S/C13H22NP/c1-3-10-14(15)11-9-12(2)13-7-5-4-6-8-13/h4-8,12H,3,9-11,15H2,1-2H3. The van der Waals surface area contributed by atoms with Crippen LogP contribution >= 0.6 is 9.39 Å². The summed E-state index contributed by atoms with van der Waals surface area (Å²) in [5.41, 5.74) is 1.45. The molecule has 0 aliphatic rings. The van der Waals surface area contributed by atoms with Crippen molar-refractivity contribution in [2.45, 2.75) is 32.6 Å². The Morgan fingerprint density at radius 1 is 1.20 bits per heavy atom. The largest absolute Gasteiger partial charge is 0.287 e. The first-order valence-electron chi connectivity index (χ1n) is 5.78. The van der Waals surface area contributed by atoms with E-state index in [1.807, 2.05) is 0 Å². The zero-order valence-corrected chi connectivity index (χ0v) is 11.0. The van der Waals surface area contributed by atoms with E-state index < -0.39 is 0 Å². The molecular weight excluding hydrogens is 201 g/mol. The Morgan fingerprint density at radius 3 is 2.47 bits per heavy atom. The molecule has 1 aromatic rings. The molecule has 0 saturated heterocycles. The molecule has 15 heavy (non-hydrogen) atoms. The third-order valence-electron chi connectivity index (χ3n) is 2.73. The average molecular weight is 223 g/mol. The fourth-order valence-corrected chi connectivity index (χ4v) is 2.11. The van der Waals surface area contributed by atoms with E-state index in [1.54, 1.807) is 0 Å². The molecule has 84 valence electrons. The number of hydrogen-bond donors (Lipinski definition) is 0. The summed E-state index contributed by atoms with van der Waals surface area (Å²) in [5, 5.41) is 0. The maximum atomic E-state index is 2.82. The minimum Gasteiger partial charge on any atom is -0.287 e. The summed E-state index contributed by atoms with van der Waals surface area (Å²) in [5.74, 6) is 0.658. The Kier molecular flexibility index (Phi) is 5.90. The number of rotatable bonds is 6. The summed E-state index contributed by atoms with van der Waals surface area (Å²) >= 11 is 0. The molecule has 0 aliphatic carbocycles. The molecule has 0 heterocycles. The molecule has 0 fully saturated rings. The second-order valence-electron chi connectivity index (χ2n) is 4.14. The van der Waals surface area contributed by atoms with Gasteiger partial charge >= 0.3 is 0 Å². The summed E-state index contributed by atoms with van der Waals surface area (Å²) < 4.78 is 2.33. The second-order valence-corrected chi connectivity index (χ2v) is 4.87.